The van der Waals surface area contributed by atoms with Gasteiger partial charge in [0, 0.05) is 12.5 Å². The number of rotatable bonds is 10. The van der Waals surface area contributed by atoms with Crippen LogP contribution in [0.15, 0.2) is 0 Å². The van der Waals surface area contributed by atoms with E-state index >= 15 is 0 Å². The Bertz CT molecular complexity index is 187. The van der Waals surface area contributed by atoms with Gasteiger partial charge in [0.2, 0.25) is 5.91 Å². The fraction of sp³-hybridized carbons (Fsp3) is 0.933. The predicted molar refractivity (Wildman–Crippen MR) is 75.1 cm³/mol. The van der Waals surface area contributed by atoms with Gasteiger partial charge in [-0.2, -0.15) is 0 Å². The first-order valence-corrected chi connectivity index (χ1v) is 7.31. The first kappa shape index (κ1) is 16.5. The van der Waals surface area contributed by atoms with Crippen molar-refractivity contribution in [3.05, 3.63) is 0 Å². The summed E-state index contributed by atoms with van der Waals surface area (Å²) >= 11 is 0. The van der Waals surface area contributed by atoms with Crippen LogP contribution < -0.4 is 5.32 Å². The normalized spacial score (nSPS) is 11.2. The van der Waals surface area contributed by atoms with E-state index in [1.54, 1.807) is 0 Å². The van der Waals surface area contributed by atoms with Crippen LogP contribution in [0.4, 0.5) is 0 Å². The molecule has 0 saturated carbocycles. The lowest BCUT2D eigenvalue weighted by Gasteiger charge is -2.08. The fourth-order valence-corrected chi connectivity index (χ4v) is 1.94. The summed E-state index contributed by atoms with van der Waals surface area (Å²) in [6.07, 6.45) is 9.64. The van der Waals surface area contributed by atoms with Crippen LogP contribution in [0.2, 0.25) is 0 Å². The molecule has 0 aliphatic heterocycles. The highest BCUT2D eigenvalue weighted by Crippen LogP contribution is 2.11. The van der Waals surface area contributed by atoms with Crippen molar-refractivity contribution >= 4 is 5.91 Å². The SMILES string of the molecule is CC(C)CCCCCCCCC(=O)NC(C)C. The van der Waals surface area contributed by atoms with Crippen LogP contribution in [0, 0.1) is 5.92 Å². The first-order chi connectivity index (χ1) is 8.02. The van der Waals surface area contributed by atoms with Crippen LogP contribution in [-0.4, -0.2) is 11.9 Å². The quantitative estimate of drug-likeness (QED) is 0.568. The van der Waals surface area contributed by atoms with E-state index in [0.717, 1.165) is 12.3 Å². The van der Waals surface area contributed by atoms with E-state index in [2.05, 4.69) is 19.2 Å². The molecule has 0 aromatic heterocycles. The number of hydrogen-bond donors (Lipinski definition) is 1. The van der Waals surface area contributed by atoms with E-state index in [4.69, 9.17) is 0 Å². The highest BCUT2D eigenvalue weighted by atomic mass is 16.1. The Kier molecular flexibility index (Phi) is 10.3. The predicted octanol–water partition coefficient (Wildman–Crippen LogP) is 4.29. The van der Waals surface area contributed by atoms with Gasteiger partial charge >= 0.3 is 0 Å². The monoisotopic (exact) mass is 241 g/mol. The molecule has 102 valence electrons. The fourth-order valence-electron chi connectivity index (χ4n) is 1.94. The average Bonchev–Trinajstić information content (AvgIpc) is 2.20. The molecular weight excluding hydrogens is 210 g/mol. The van der Waals surface area contributed by atoms with E-state index in [9.17, 15) is 4.79 Å². The van der Waals surface area contributed by atoms with Gasteiger partial charge in [0.05, 0.1) is 0 Å². The molecule has 0 spiro atoms. The molecule has 17 heavy (non-hydrogen) atoms. The van der Waals surface area contributed by atoms with E-state index in [-0.39, 0.29) is 11.9 Å². The van der Waals surface area contributed by atoms with Crippen molar-refractivity contribution in [2.45, 2.75) is 85.1 Å². The minimum Gasteiger partial charge on any atom is -0.354 e. The molecule has 0 aliphatic carbocycles. The highest BCUT2D eigenvalue weighted by Gasteiger charge is 2.02. The Hall–Kier alpha value is -0.530. The number of carbonyl (C=O) groups excluding carboxylic acids is 1. The Labute approximate surface area is 108 Å². The lowest BCUT2D eigenvalue weighted by atomic mass is 10.0. The number of hydrogen-bond acceptors (Lipinski definition) is 1. The molecule has 0 atom stereocenters. The Balaban J connectivity index is 3.16. The molecule has 0 radical (unpaired) electrons. The Morgan fingerprint density at radius 1 is 0.882 bits per heavy atom. The molecule has 0 aromatic carbocycles. The molecule has 1 amide bonds. The lowest BCUT2D eigenvalue weighted by molar-refractivity contribution is -0.121. The van der Waals surface area contributed by atoms with Crippen molar-refractivity contribution < 1.29 is 4.79 Å². The van der Waals surface area contributed by atoms with Crippen LogP contribution in [0.3, 0.4) is 0 Å². The Morgan fingerprint density at radius 2 is 1.41 bits per heavy atom. The second-order valence-corrected chi connectivity index (χ2v) is 5.78. The van der Waals surface area contributed by atoms with Gasteiger partial charge in [0.1, 0.15) is 0 Å². The second-order valence-electron chi connectivity index (χ2n) is 5.78. The molecule has 0 rings (SSSR count). The van der Waals surface area contributed by atoms with Gasteiger partial charge in [-0.3, -0.25) is 4.79 Å². The zero-order valence-electron chi connectivity index (χ0n) is 12.2. The maximum Gasteiger partial charge on any atom is 0.220 e. The largest absolute Gasteiger partial charge is 0.354 e. The van der Waals surface area contributed by atoms with Gasteiger partial charge in [0.15, 0.2) is 0 Å². The average molecular weight is 241 g/mol. The van der Waals surface area contributed by atoms with Crippen LogP contribution >= 0.6 is 0 Å². The molecule has 0 fully saturated rings. The third kappa shape index (κ3) is 13.4. The van der Waals surface area contributed by atoms with Crippen molar-refractivity contribution in [1.82, 2.24) is 5.32 Å². The summed E-state index contributed by atoms with van der Waals surface area (Å²) < 4.78 is 0. The van der Waals surface area contributed by atoms with E-state index in [1.807, 2.05) is 13.8 Å². The number of nitrogens with one attached hydrogen (secondary N) is 1. The van der Waals surface area contributed by atoms with Gasteiger partial charge in [-0.05, 0) is 26.2 Å². The summed E-state index contributed by atoms with van der Waals surface area (Å²) in [5, 5.41) is 2.93. The first-order valence-electron chi connectivity index (χ1n) is 7.31. The summed E-state index contributed by atoms with van der Waals surface area (Å²) in [5.74, 6) is 1.05. The zero-order valence-corrected chi connectivity index (χ0v) is 12.2. The summed E-state index contributed by atoms with van der Waals surface area (Å²) in [6, 6.07) is 0.276. The molecule has 0 bridgehead atoms. The molecular formula is C15H31NO. The van der Waals surface area contributed by atoms with Crippen molar-refractivity contribution in [2.75, 3.05) is 0 Å². The van der Waals surface area contributed by atoms with Gasteiger partial charge < -0.3 is 5.32 Å². The molecule has 2 nitrogen and oxygen atoms in total. The molecule has 1 N–H and O–H groups in total. The standard InChI is InChI=1S/C15H31NO/c1-13(2)11-9-7-5-6-8-10-12-15(17)16-14(3)4/h13-14H,5-12H2,1-4H3,(H,16,17). The summed E-state index contributed by atoms with van der Waals surface area (Å²) in [7, 11) is 0. The smallest absolute Gasteiger partial charge is 0.220 e. The molecule has 0 saturated heterocycles. The van der Waals surface area contributed by atoms with Crippen LogP contribution in [-0.2, 0) is 4.79 Å². The topological polar surface area (TPSA) is 29.1 Å². The highest BCUT2D eigenvalue weighted by molar-refractivity contribution is 5.76. The van der Waals surface area contributed by atoms with Crippen molar-refractivity contribution in [3.63, 3.8) is 0 Å². The lowest BCUT2D eigenvalue weighted by Crippen LogP contribution is -2.29. The van der Waals surface area contributed by atoms with Crippen molar-refractivity contribution in [1.29, 1.82) is 0 Å². The van der Waals surface area contributed by atoms with Gasteiger partial charge in [-0.1, -0.05) is 52.4 Å². The van der Waals surface area contributed by atoms with E-state index < -0.39 is 0 Å². The van der Waals surface area contributed by atoms with Crippen LogP contribution in [0.5, 0.6) is 0 Å². The van der Waals surface area contributed by atoms with E-state index in [0.29, 0.717) is 6.42 Å². The number of unbranched alkanes of at least 4 members (excludes halogenated alkanes) is 5. The number of carbonyl (C=O) groups is 1. The second kappa shape index (κ2) is 10.6. The van der Waals surface area contributed by atoms with E-state index in [1.165, 1.54) is 38.5 Å². The summed E-state index contributed by atoms with van der Waals surface area (Å²) in [5.41, 5.74) is 0. The molecule has 0 unspecified atom stereocenters. The molecule has 0 aliphatic rings. The third-order valence-electron chi connectivity index (χ3n) is 2.88. The zero-order chi connectivity index (χ0) is 13.1. The minimum atomic E-state index is 0.208. The summed E-state index contributed by atoms with van der Waals surface area (Å²) in [4.78, 5) is 11.4. The summed E-state index contributed by atoms with van der Waals surface area (Å²) in [6.45, 7) is 8.58. The van der Waals surface area contributed by atoms with Crippen LogP contribution in [0.1, 0.15) is 79.1 Å². The number of amides is 1. The minimum absolute atomic E-state index is 0.208. The Morgan fingerprint density at radius 3 is 1.94 bits per heavy atom. The molecule has 0 heterocycles. The van der Waals surface area contributed by atoms with Crippen molar-refractivity contribution in [3.8, 4) is 0 Å². The van der Waals surface area contributed by atoms with Crippen LogP contribution in [0.25, 0.3) is 0 Å². The maximum atomic E-state index is 11.4. The van der Waals surface area contributed by atoms with Gasteiger partial charge in [0.25, 0.3) is 0 Å². The van der Waals surface area contributed by atoms with Crippen molar-refractivity contribution in [2.24, 2.45) is 5.92 Å². The maximum absolute atomic E-state index is 11.4. The third-order valence-corrected chi connectivity index (χ3v) is 2.88. The molecule has 0 aromatic rings. The molecule has 2 heteroatoms. The van der Waals surface area contributed by atoms with Gasteiger partial charge in [-0.25, -0.2) is 0 Å². The van der Waals surface area contributed by atoms with Gasteiger partial charge in [-0.15, -0.1) is 0 Å².